The van der Waals surface area contributed by atoms with Crippen LogP contribution in [-0.4, -0.2) is 48.3 Å². The second kappa shape index (κ2) is 10.3. The lowest BCUT2D eigenvalue weighted by Crippen LogP contribution is -2.66. The minimum Gasteiger partial charge on any atom is -0.384 e. The smallest absolute Gasteiger partial charge is 0.325 e. The largest absolute Gasteiger partial charge is 0.384 e. The van der Waals surface area contributed by atoms with Gasteiger partial charge in [-0.25, -0.2) is 18.2 Å². The van der Waals surface area contributed by atoms with Crippen LogP contribution in [0, 0.1) is 5.92 Å². The molecule has 1 aromatic heterocycles. The van der Waals surface area contributed by atoms with Gasteiger partial charge in [0.25, 0.3) is 0 Å². The third kappa shape index (κ3) is 5.86. The summed E-state index contributed by atoms with van der Waals surface area (Å²) in [6.07, 6.45) is 3.24. The molecule has 9 heteroatoms. The molecule has 3 aromatic rings. The molecule has 35 heavy (non-hydrogen) atoms. The molecule has 0 spiro atoms. The van der Waals surface area contributed by atoms with Crippen LogP contribution in [0.15, 0.2) is 79.0 Å². The van der Waals surface area contributed by atoms with Crippen LogP contribution in [0.25, 0.3) is 0 Å². The van der Waals surface area contributed by atoms with E-state index < -0.39 is 33.9 Å². The van der Waals surface area contributed by atoms with Crippen LogP contribution in [0.4, 0.5) is 10.6 Å². The molecular formula is C26H28N4O4S. The fraction of sp³-hybridized carbons (Fsp3) is 0.269. The lowest BCUT2D eigenvalue weighted by atomic mass is 9.81. The Morgan fingerprint density at radius 2 is 1.66 bits per heavy atom. The summed E-state index contributed by atoms with van der Waals surface area (Å²) in [4.78, 5) is 31.7. The van der Waals surface area contributed by atoms with Crippen molar-refractivity contribution in [1.29, 1.82) is 0 Å². The average molecular weight is 493 g/mol. The zero-order chi connectivity index (χ0) is 25.0. The van der Waals surface area contributed by atoms with E-state index in [1.165, 1.54) is 4.90 Å². The van der Waals surface area contributed by atoms with E-state index in [-0.39, 0.29) is 18.1 Å². The number of nitrogens with two attached hydrogens (primary N) is 1. The maximum absolute atomic E-state index is 13.4. The number of pyridine rings is 1. The van der Waals surface area contributed by atoms with Crippen molar-refractivity contribution in [3.63, 3.8) is 0 Å². The number of carbonyl (C=O) groups is 2. The van der Waals surface area contributed by atoms with Gasteiger partial charge in [0.15, 0.2) is 0 Å². The van der Waals surface area contributed by atoms with Gasteiger partial charge in [0.1, 0.15) is 15.7 Å². The van der Waals surface area contributed by atoms with Crippen LogP contribution in [0.1, 0.15) is 29.2 Å². The van der Waals surface area contributed by atoms with Crippen molar-refractivity contribution in [2.24, 2.45) is 5.92 Å². The van der Waals surface area contributed by atoms with Gasteiger partial charge in [0.2, 0.25) is 5.91 Å². The number of carbonyl (C=O) groups excluding carboxylic acids is 2. The molecule has 1 fully saturated rings. The number of nitrogens with zero attached hydrogens (tertiary/aromatic N) is 2. The first-order valence-electron chi connectivity index (χ1n) is 11.3. The van der Waals surface area contributed by atoms with Gasteiger partial charge in [-0.3, -0.25) is 9.69 Å². The van der Waals surface area contributed by atoms with Crippen LogP contribution in [-0.2, 0) is 21.1 Å². The summed E-state index contributed by atoms with van der Waals surface area (Å²) < 4.78 is 23.7. The Morgan fingerprint density at radius 3 is 2.20 bits per heavy atom. The zero-order valence-electron chi connectivity index (χ0n) is 19.4. The van der Waals surface area contributed by atoms with Gasteiger partial charge >= 0.3 is 6.03 Å². The van der Waals surface area contributed by atoms with E-state index in [9.17, 15) is 18.0 Å². The molecule has 8 nitrogen and oxygen atoms in total. The highest BCUT2D eigenvalue weighted by molar-refractivity contribution is 7.90. The van der Waals surface area contributed by atoms with Crippen LogP contribution >= 0.6 is 0 Å². The highest BCUT2D eigenvalue weighted by Crippen LogP contribution is 2.34. The van der Waals surface area contributed by atoms with Gasteiger partial charge in [-0.15, -0.1) is 0 Å². The second-order valence-electron chi connectivity index (χ2n) is 8.80. The van der Waals surface area contributed by atoms with Crippen LogP contribution in [0.2, 0.25) is 0 Å². The number of β-lactam (4-membered cyclic amide) rings is 1. The Bertz CT molecular complexity index is 1260. The Morgan fingerprint density at radius 1 is 1.06 bits per heavy atom. The quantitative estimate of drug-likeness (QED) is 0.466. The van der Waals surface area contributed by atoms with E-state index in [0.29, 0.717) is 12.2 Å². The Kier molecular flexibility index (Phi) is 7.16. The maximum atomic E-state index is 13.4. The molecule has 2 heterocycles. The highest BCUT2D eigenvalue weighted by Gasteiger charge is 2.50. The van der Waals surface area contributed by atoms with Gasteiger partial charge in [-0.05, 0) is 41.7 Å². The standard InChI is InChI=1S/C26H28N4O4S/c1-35(33,34)15-13-22-21(16-18-12-14-28-23(27)17-18)25(31)30(22)26(32)29-24(19-8-4-2-5-9-19)20-10-6-3-7-11-20/h2-12,14,17,21-22,24H,13,15-16H2,1H3,(H2,27,28)(H,29,32)/t21-,22-/m1/s1. The molecule has 0 aliphatic carbocycles. The maximum Gasteiger partial charge on any atom is 0.325 e. The van der Waals surface area contributed by atoms with E-state index in [4.69, 9.17) is 5.73 Å². The number of benzene rings is 2. The number of likely N-dealkylation sites (tertiary alicyclic amines) is 1. The molecule has 0 unspecified atom stereocenters. The number of amides is 3. The molecule has 0 bridgehead atoms. The van der Waals surface area contributed by atoms with E-state index in [1.807, 2.05) is 60.7 Å². The Balaban J connectivity index is 1.57. The molecule has 3 amide bonds. The predicted molar refractivity (Wildman–Crippen MR) is 134 cm³/mol. The number of nitrogens with one attached hydrogen (secondary N) is 1. The molecule has 0 radical (unpaired) electrons. The number of urea groups is 1. The predicted octanol–water partition coefficient (Wildman–Crippen LogP) is 2.97. The third-order valence-electron chi connectivity index (χ3n) is 6.19. The lowest BCUT2D eigenvalue weighted by Gasteiger charge is -2.46. The van der Waals surface area contributed by atoms with Crippen molar-refractivity contribution in [1.82, 2.24) is 15.2 Å². The summed E-state index contributed by atoms with van der Waals surface area (Å²) in [7, 11) is -3.27. The number of rotatable bonds is 8. The minimum absolute atomic E-state index is 0.121. The number of hydrogen-bond acceptors (Lipinski definition) is 6. The molecule has 2 atom stereocenters. The van der Waals surface area contributed by atoms with Crippen LogP contribution in [0.5, 0.6) is 0 Å². The van der Waals surface area contributed by atoms with Gasteiger partial charge in [0, 0.05) is 12.5 Å². The summed E-state index contributed by atoms with van der Waals surface area (Å²) in [6.45, 7) is 0. The fourth-order valence-electron chi connectivity index (χ4n) is 4.46. The van der Waals surface area contributed by atoms with Crippen molar-refractivity contribution in [3.05, 3.63) is 95.7 Å². The van der Waals surface area contributed by atoms with Gasteiger partial charge in [-0.2, -0.15) is 0 Å². The summed E-state index contributed by atoms with van der Waals surface area (Å²) in [6, 6.07) is 20.9. The lowest BCUT2D eigenvalue weighted by molar-refractivity contribution is -0.150. The number of sulfone groups is 1. The van der Waals surface area contributed by atoms with Crippen molar-refractivity contribution < 1.29 is 18.0 Å². The zero-order valence-corrected chi connectivity index (χ0v) is 20.2. The number of nitrogen functional groups attached to an aromatic ring is 1. The number of imide groups is 1. The first-order valence-corrected chi connectivity index (χ1v) is 13.4. The van der Waals surface area contributed by atoms with E-state index in [1.54, 1.807) is 18.3 Å². The van der Waals surface area contributed by atoms with Crippen molar-refractivity contribution in [3.8, 4) is 0 Å². The minimum atomic E-state index is -3.27. The van der Waals surface area contributed by atoms with E-state index in [0.717, 1.165) is 22.9 Å². The number of hydrogen-bond donors (Lipinski definition) is 2. The first-order chi connectivity index (χ1) is 16.7. The normalized spacial score (nSPS) is 17.8. The number of aromatic nitrogens is 1. The Hall–Kier alpha value is -3.72. The molecular weight excluding hydrogens is 464 g/mol. The molecule has 1 aliphatic rings. The summed E-state index contributed by atoms with van der Waals surface area (Å²) >= 11 is 0. The summed E-state index contributed by atoms with van der Waals surface area (Å²) in [5, 5.41) is 2.99. The number of anilines is 1. The molecule has 4 rings (SSSR count). The first kappa shape index (κ1) is 24.4. The SMILES string of the molecule is CS(=O)(=O)CC[C@@H]1[C@@H](Cc2ccnc(N)c2)C(=O)N1C(=O)NC(c1ccccc1)c1ccccc1. The van der Waals surface area contributed by atoms with Crippen molar-refractivity contribution in [2.45, 2.75) is 24.9 Å². The van der Waals surface area contributed by atoms with Crippen LogP contribution < -0.4 is 11.1 Å². The topological polar surface area (TPSA) is 122 Å². The Labute approximate surface area is 205 Å². The van der Waals surface area contributed by atoms with Crippen molar-refractivity contribution >= 4 is 27.6 Å². The molecule has 3 N–H and O–H groups in total. The average Bonchev–Trinajstić information content (AvgIpc) is 2.84. The summed E-state index contributed by atoms with van der Waals surface area (Å²) in [5.74, 6) is -0.637. The van der Waals surface area contributed by atoms with Gasteiger partial charge in [0.05, 0.1) is 23.8 Å². The van der Waals surface area contributed by atoms with Crippen LogP contribution in [0.3, 0.4) is 0 Å². The van der Waals surface area contributed by atoms with E-state index >= 15 is 0 Å². The van der Waals surface area contributed by atoms with Gasteiger partial charge < -0.3 is 11.1 Å². The van der Waals surface area contributed by atoms with E-state index in [2.05, 4.69) is 10.3 Å². The second-order valence-corrected chi connectivity index (χ2v) is 11.1. The molecule has 182 valence electrons. The molecule has 2 aromatic carbocycles. The monoisotopic (exact) mass is 492 g/mol. The van der Waals surface area contributed by atoms with Gasteiger partial charge in [-0.1, -0.05) is 60.7 Å². The fourth-order valence-corrected chi connectivity index (χ4v) is 5.13. The molecule has 1 aliphatic heterocycles. The third-order valence-corrected chi connectivity index (χ3v) is 7.17. The molecule has 0 saturated carbocycles. The highest BCUT2D eigenvalue weighted by atomic mass is 32.2. The summed E-state index contributed by atoms with van der Waals surface area (Å²) in [5.41, 5.74) is 8.33. The molecule has 1 saturated heterocycles. The van der Waals surface area contributed by atoms with Crippen molar-refractivity contribution in [2.75, 3.05) is 17.7 Å².